The van der Waals surface area contributed by atoms with Crippen molar-refractivity contribution in [3.05, 3.63) is 0 Å². The van der Waals surface area contributed by atoms with Crippen molar-refractivity contribution in [1.29, 1.82) is 0 Å². The van der Waals surface area contributed by atoms with Gasteiger partial charge in [-0.05, 0) is 0 Å². The number of ether oxygens (including phenoxy) is 1. The minimum absolute atomic E-state index is 0.141. The van der Waals surface area contributed by atoms with Crippen molar-refractivity contribution in [1.82, 2.24) is 4.90 Å². The van der Waals surface area contributed by atoms with Crippen molar-refractivity contribution >= 4 is 12.1 Å². The monoisotopic (exact) mass is 213 g/mol. The first kappa shape index (κ1) is 10.6. The van der Waals surface area contributed by atoms with E-state index in [0.29, 0.717) is 0 Å². The van der Waals surface area contributed by atoms with E-state index in [-0.39, 0.29) is 4.90 Å². The highest BCUT2D eigenvalue weighted by Gasteiger charge is 2.44. The van der Waals surface area contributed by atoms with E-state index >= 15 is 0 Å². The molecular weight excluding hydrogens is 207 g/mol. The molecule has 1 atom stereocenters. The number of amides is 1. The molecule has 80 valence electrons. The van der Waals surface area contributed by atoms with Crippen molar-refractivity contribution < 1.29 is 32.6 Å². The minimum atomic E-state index is -4.63. The summed E-state index contributed by atoms with van der Waals surface area (Å²) < 4.78 is 39.8. The lowest BCUT2D eigenvalue weighted by Gasteiger charge is -2.19. The van der Waals surface area contributed by atoms with Gasteiger partial charge in [-0.3, -0.25) is 4.90 Å². The van der Waals surface area contributed by atoms with Crippen LogP contribution in [0.3, 0.4) is 0 Å². The average molecular weight is 213 g/mol. The van der Waals surface area contributed by atoms with Crippen LogP contribution >= 0.6 is 0 Å². The van der Waals surface area contributed by atoms with Gasteiger partial charge in [0, 0.05) is 0 Å². The van der Waals surface area contributed by atoms with Gasteiger partial charge in [0.05, 0.1) is 0 Å². The number of carboxylic acid groups (broad SMARTS) is 1. The number of carboxylic acids is 1. The molecule has 1 amide bonds. The van der Waals surface area contributed by atoms with Crippen LogP contribution in [-0.2, 0) is 9.53 Å². The van der Waals surface area contributed by atoms with Gasteiger partial charge in [0.2, 0.25) is 0 Å². The third-order valence-electron chi connectivity index (χ3n) is 1.61. The second-order valence-electron chi connectivity index (χ2n) is 2.67. The number of rotatable bonds is 2. The summed E-state index contributed by atoms with van der Waals surface area (Å²) >= 11 is 0. The Morgan fingerprint density at radius 1 is 1.64 bits per heavy atom. The number of carbonyl (C=O) groups excluding carboxylic acids is 1. The van der Waals surface area contributed by atoms with Crippen molar-refractivity contribution in [3.63, 3.8) is 0 Å². The van der Waals surface area contributed by atoms with Gasteiger partial charge in [0.1, 0.15) is 13.2 Å². The maximum atomic E-state index is 11.9. The number of aliphatic carboxylic acids is 1. The van der Waals surface area contributed by atoms with Crippen LogP contribution in [0.25, 0.3) is 0 Å². The molecular formula is C6H6F3NO4. The lowest BCUT2D eigenvalue weighted by molar-refractivity contribution is -0.153. The number of hydrogen-bond acceptors (Lipinski definition) is 3. The minimum Gasteiger partial charge on any atom is -0.480 e. The molecule has 0 radical (unpaired) electrons. The van der Waals surface area contributed by atoms with Gasteiger partial charge in [-0.2, -0.15) is 13.2 Å². The first-order chi connectivity index (χ1) is 6.31. The van der Waals surface area contributed by atoms with Gasteiger partial charge in [0.15, 0.2) is 6.04 Å². The molecule has 0 aromatic rings. The molecule has 1 heterocycles. The Morgan fingerprint density at radius 3 is 2.64 bits per heavy atom. The number of alkyl halides is 3. The van der Waals surface area contributed by atoms with Crippen LogP contribution in [0.5, 0.6) is 0 Å². The van der Waals surface area contributed by atoms with Crippen molar-refractivity contribution in [2.45, 2.75) is 12.2 Å². The second kappa shape index (κ2) is 3.35. The molecule has 5 nitrogen and oxygen atoms in total. The Balaban J connectivity index is 2.72. The summed E-state index contributed by atoms with van der Waals surface area (Å²) in [6, 6.07) is -1.55. The SMILES string of the molecule is O=C(O)C1COC(=O)N1CC(F)(F)F. The van der Waals surface area contributed by atoms with E-state index in [1.165, 1.54) is 0 Å². The van der Waals surface area contributed by atoms with E-state index in [4.69, 9.17) is 5.11 Å². The molecule has 1 N–H and O–H groups in total. The van der Waals surface area contributed by atoms with E-state index in [2.05, 4.69) is 4.74 Å². The van der Waals surface area contributed by atoms with E-state index < -0.39 is 37.4 Å². The zero-order valence-electron chi connectivity index (χ0n) is 6.74. The standard InChI is InChI=1S/C6H6F3NO4/c7-6(8,9)2-10-3(4(11)12)1-14-5(10)13/h3H,1-2H2,(H,11,12). The van der Waals surface area contributed by atoms with Crippen LogP contribution in [0.15, 0.2) is 0 Å². The van der Waals surface area contributed by atoms with Crippen molar-refractivity contribution in [2.24, 2.45) is 0 Å². The highest BCUT2D eigenvalue weighted by Crippen LogP contribution is 2.21. The molecule has 1 aliphatic rings. The number of carbonyl (C=O) groups is 2. The summed E-state index contributed by atoms with van der Waals surface area (Å²) in [4.78, 5) is 21.3. The maximum Gasteiger partial charge on any atom is 0.411 e. The summed E-state index contributed by atoms with van der Waals surface area (Å²) in [6.07, 6.45) is -5.88. The number of halogens is 3. The molecule has 0 saturated carbocycles. The van der Waals surface area contributed by atoms with Gasteiger partial charge < -0.3 is 9.84 Å². The molecule has 1 aliphatic heterocycles. The Bertz CT molecular complexity index is 264. The topological polar surface area (TPSA) is 66.8 Å². The summed E-state index contributed by atoms with van der Waals surface area (Å²) in [6.45, 7) is -2.16. The molecule has 1 fully saturated rings. The third kappa shape index (κ3) is 2.27. The van der Waals surface area contributed by atoms with E-state index in [0.717, 1.165) is 0 Å². The van der Waals surface area contributed by atoms with Crippen LogP contribution in [0.1, 0.15) is 0 Å². The zero-order valence-corrected chi connectivity index (χ0v) is 6.74. The normalized spacial score (nSPS) is 22.4. The average Bonchev–Trinajstić information content (AvgIpc) is 2.29. The van der Waals surface area contributed by atoms with Crippen molar-refractivity contribution in [2.75, 3.05) is 13.2 Å². The van der Waals surface area contributed by atoms with Gasteiger partial charge >= 0.3 is 18.2 Å². The fourth-order valence-electron chi connectivity index (χ4n) is 1.02. The summed E-state index contributed by atoms with van der Waals surface area (Å²) in [5.74, 6) is -1.51. The summed E-state index contributed by atoms with van der Waals surface area (Å²) in [5.41, 5.74) is 0. The molecule has 0 bridgehead atoms. The predicted molar refractivity (Wildman–Crippen MR) is 35.5 cm³/mol. The molecule has 14 heavy (non-hydrogen) atoms. The Kier molecular flexibility index (Phi) is 2.54. The lowest BCUT2D eigenvalue weighted by atomic mass is 10.3. The molecule has 0 aliphatic carbocycles. The van der Waals surface area contributed by atoms with Crippen LogP contribution in [0.2, 0.25) is 0 Å². The molecule has 0 aromatic heterocycles. The van der Waals surface area contributed by atoms with Crippen LogP contribution in [0, 0.1) is 0 Å². The number of hydrogen-bond donors (Lipinski definition) is 1. The van der Waals surface area contributed by atoms with Crippen LogP contribution in [0.4, 0.5) is 18.0 Å². The predicted octanol–water partition coefficient (Wildman–Crippen LogP) is 0.454. The largest absolute Gasteiger partial charge is 0.480 e. The highest BCUT2D eigenvalue weighted by molar-refractivity contribution is 5.82. The van der Waals surface area contributed by atoms with Gasteiger partial charge in [-0.25, -0.2) is 9.59 Å². The fourth-order valence-corrected chi connectivity index (χ4v) is 1.02. The molecule has 8 heteroatoms. The molecule has 1 rings (SSSR count). The molecule has 0 aromatic carbocycles. The third-order valence-corrected chi connectivity index (χ3v) is 1.61. The first-order valence-electron chi connectivity index (χ1n) is 3.54. The van der Waals surface area contributed by atoms with Crippen LogP contribution < -0.4 is 0 Å². The number of cyclic esters (lactones) is 1. The summed E-state index contributed by atoms with van der Waals surface area (Å²) in [7, 11) is 0. The number of nitrogens with zero attached hydrogens (tertiary/aromatic N) is 1. The Hall–Kier alpha value is -1.47. The van der Waals surface area contributed by atoms with Gasteiger partial charge in [-0.15, -0.1) is 0 Å². The molecule has 1 saturated heterocycles. The second-order valence-corrected chi connectivity index (χ2v) is 2.67. The first-order valence-corrected chi connectivity index (χ1v) is 3.54. The lowest BCUT2D eigenvalue weighted by Crippen LogP contribution is -2.44. The van der Waals surface area contributed by atoms with E-state index in [1.54, 1.807) is 0 Å². The Morgan fingerprint density at radius 2 is 2.21 bits per heavy atom. The Labute approximate surface area is 76.0 Å². The summed E-state index contributed by atoms with van der Waals surface area (Å²) in [5, 5.41) is 8.46. The highest BCUT2D eigenvalue weighted by atomic mass is 19.4. The smallest absolute Gasteiger partial charge is 0.411 e. The van der Waals surface area contributed by atoms with Crippen LogP contribution in [-0.4, -0.2) is 47.4 Å². The van der Waals surface area contributed by atoms with Crippen molar-refractivity contribution in [3.8, 4) is 0 Å². The maximum absolute atomic E-state index is 11.9. The van der Waals surface area contributed by atoms with Gasteiger partial charge in [0.25, 0.3) is 0 Å². The van der Waals surface area contributed by atoms with E-state index in [9.17, 15) is 22.8 Å². The fraction of sp³-hybridized carbons (Fsp3) is 0.667. The van der Waals surface area contributed by atoms with Gasteiger partial charge in [-0.1, -0.05) is 0 Å². The molecule has 1 unspecified atom stereocenters. The quantitative estimate of drug-likeness (QED) is 0.723. The molecule has 0 spiro atoms. The zero-order chi connectivity index (χ0) is 10.9. The van der Waals surface area contributed by atoms with E-state index in [1.807, 2.05) is 0 Å².